The molecular weight excluding hydrogens is 376 g/mol. The molecule has 150 valence electrons. The minimum Gasteiger partial charge on any atom is -0.484 e. The van der Waals surface area contributed by atoms with Crippen molar-refractivity contribution >= 4 is 17.5 Å². The summed E-state index contributed by atoms with van der Waals surface area (Å²) in [6.07, 6.45) is 0. The molecule has 0 spiro atoms. The van der Waals surface area contributed by atoms with Crippen molar-refractivity contribution in [1.82, 2.24) is 10.2 Å². The number of carbonyl (C=O) groups is 1. The summed E-state index contributed by atoms with van der Waals surface area (Å²) in [6.45, 7) is 7.52. The van der Waals surface area contributed by atoms with Gasteiger partial charge in [-0.2, -0.15) is 0 Å². The van der Waals surface area contributed by atoms with E-state index < -0.39 is 0 Å². The topological polar surface area (TPSA) is 50.8 Å². The molecule has 0 aromatic heterocycles. The van der Waals surface area contributed by atoms with Crippen molar-refractivity contribution in [1.29, 1.82) is 0 Å². The minimum absolute atomic E-state index is 0.00293. The third kappa shape index (κ3) is 5.47. The zero-order valence-corrected chi connectivity index (χ0v) is 17.2. The number of ether oxygens (including phenoxy) is 2. The fourth-order valence-electron chi connectivity index (χ4n) is 3.28. The van der Waals surface area contributed by atoms with Crippen LogP contribution in [0.1, 0.15) is 22.7 Å². The molecule has 0 aliphatic carbocycles. The average Bonchev–Trinajstić information content (AvgIpc) is 2.71. The number of nitrogens with one attached hydrogen (secondary N) is 1. The lowest BCUT2D eigenvalue weighted by Gasteiger charge is -2.35. The smallest absolute Gasteiger partial charge is 0.258 e. The molecule has 1 unspecified atom stereocenters. The minimum atomic E-state index is -0.149. The summed E-state index contributed by atoms with van der Waals surface area (Å²) in [4.78, 5) is 14.7. The van der Waals surface area contributed by atoms with Crippen LogP contribution in [0.25, 0.3) is 0 Å². The van der Waals surface area contributed by atoms with Gasteiger partial charge < -0.3 is 14.8 Å². The van der Waals surface area contributed by atoms with E-state index in [1.54, 1.807) is 0 Å². The lowest BCUT2D eigenvalue weighted by Crippen LogP contribution is -2.44. The first kappa shape index (κ1) is 20.6. The van der Waals surface area contributed by atoms with Crippen LogP contribution in [0.4, 0.5) is 0 Å². The Morgan fingerprint density at radius 1 is 1.18 bits per heavy atom. The third-order valence-electron chi connectivity index (χ3n) is 5.09. The van der Waals surface area contributed by atoms with Gasteiger partial charge in [-0.1, -0.05) is 35.9 Å². The molecule has 5 nitrogen and oxygen atoms in total. The maximum atomic E-state index is 12.4. The van der Waals surface area contributed by atoms with Crippen molar-refractivity contribution in [3.8, 4) is 5.75 Å². The van der Waals surface area contributed by atoms with Gasteiger partial charge in [0, 0.05) is 24.7 Å². The molecule has 0 bridgehead atoms. The standard InChI is InChI=1S/C22H27ClN2O3/c1-16-7-8-18(13-17(16)2)28-15-22(26)24-14-21(25-9-11-27-12-10-25)19-5-3-4-6-20(19)23/h3-8,13,21H,9-12,14-15H2,1-2H3,(H,24,26). The number of hydrogen-bond donors (Lipinski definition) is 1. The fourth-order valence-corrected chi connectivity index (χ4v) is 3.55. The van der Waals surface area contributed by atoms with Crippen LogP contribution in [0, 0.1) is 13.8 Å². The Kier molecular flexibility index (Phi) is 7.31. The number of benzene rings is 2. The van der Waals surface area contributed by atoms with Crippen LogP contribution >= 0.6 is 11.6 Å². The predicted octanol–water partition coefficient (Wildman–Crippen LogP) is 3.53. The SMILES string of the molecule is Cc1ccc(OCC(=O)NCC(c2ccccc2Cl)N2CCOCC2)cc1C. The lowest BCUT2D eigenvalue weighted by atomic mass is 10.0. The van der Waals surface area contributed by atoms with Gasteiger partial charge in [-0.3, -0.25) is 9.69 Å². The summed E-state index contributed by atoms with van der Waals surface area (Å²) in [5, 5.41) is 3.70. The van der Waals surface area contributed by atoms with Crippen LogP contribution in [0.2, 0.25) is 5.02 Å². The summed E-state index contributed by atoms with van der Waals surface area (Å²) in [7, 11) is 0. The number of aryl methyl sites for hydroxylation is 2. The van der Waals surface area contributed by atoms with Crippen molar-refractivity contribution < 1.29 is 14.3 Å². The van der Waals surface area contributed by atoms with Crippen molar-refractivity contribution in [2.24, 2.45) is 0 Å². The van der Waals surface area contributed by atoms with E-state index in [-0.39, 0.29) is 18.6 Å². The first-order valence-electron chi connectivity index (χ1n) is 9.57. The Labute approximate surface area is 171 Å². The molecule has 1 aliphatic rings. The second-order valence-corrected chi connectivity index (χ2v) is 7.43. The van der Waals surface area contributed by atoms with Crippen molar-refractivity contribution in [2.75, 3.05) is 39.5 Å². The number of rotatable bonds is 7. The molecular formula is C22H27ClN2O3. The van der Waals surface area contributed by atoms with Crippen LogP contribution in [-0.4, -0.2) is 50.3 Å². The Bertz CT molecular complexity index is 806. The maximum absolute atomic E-state index is 12.4. The van der Waals surface area contributed by atoms with Gasteiger partial charge in [0.05, 0.1) is 19.3 Å². The fraction of sp³-hybridized carbons (Fsp3) is 0.409. The Morgan fingerprint density at radius 2 is 1.93 bits per heavy atom. The molecule has 1 saturated heterocycles. The summed E-state index contributed by atoms with van der Waals surface area (Å²) < 4.78 is 11.1. The number of hydrogen-bond acceptors (Lipinski definition) is 4. The molecule has 3 rings (SSSR count). The highest BCUT2D eigenvalue weighted by molar-refractivity contribution is 6.31. The average molecular weight is 403 g/mol. The number of nitrogens with zero attached hydrogens (tertiary/aromatic N) is 1. The monoisotopic (exact) mass is 402 g/mol. The Balaban J connectivity index is 1.60. The highest BCUT2D eigenvalue weighted by Crippen LogP contribution is 2.27. The normalized spacial score (nSPS) is 15.8. The summed E-state index contributed by atoms with van der Waals surface area (Å²) in [5.74, 6) is 0.553. The third-order valence-corrected chi connectivity index (χ3v) is 5.44. The van der Waals surface area contributed by atoms with Crippen molar-refractivity contribution in [2.45, 2.75) is 19.9 Å². The van der Waals surface area contributed by atoms with E-state index in [0.29, 0.717) is 30.5 Å². The maximum Gasteiger partial charge on any atom is 0.258 e. The first-order valence-corrected chi connectivity index (χ1v) is 9.95. The number of carbonyl (C=O) groups excluding carboxylic acids is 1. The number of amides is 1. The predicted molar refractivity (Wildman–Crippen MR) is 111 cm³/mol. The Hall–Kier alpha value is -2.08. The van der Waals surface area contributed by atoms with Crippen LogP contribution in [0.3, 0.4) is 0 Å². The first-order chi connectivity index (χ1) is 13.5. The van der Waals surface area contributed by atoms with Gasteiger partial charge in [0.15, 0.2) is 6.61 Å². The van der Waals surface area contributed by atoms with E-state index >= 15 is 0 Å². The molecule has 6 heteroatoms. The zero-order valence-electron chi connectivity index (χ0n) is 16.4. The molecule has 0 radical (unpaired) electrons. The molecule has 1 aliphatic heterocycles. The zero-order chi connectivity index (χ0) is 19.9. The van der Waals surface area contributed by atoms with Crippen molar-refractivity contribution in [3.05, 3.63) is 64.2 Å². The van der Waals surface area contributed by atoms with Gasteiger partial charge in [-0.05, 0) is 48.7 Å². The van der Waals surface area contributed by atoms with E-state index in [9.17, 15) is 4.79 Å². The molecule has 28 heavy (non-hydrogen) atoms. The van der Waals surface area contributed by atoms with E-state index in [4.69, 9.17) is 21.1 Å². The molecule has 1 amide bonds. The summed E-state index contributed by atoms with van der Waals surface area (Å²) >= 11 is 6.43. The largest absolute Gasteiger partial charge is 0.484 e. The van der Waals surface area contributed by atoms with Gasteiger partial charge in [-0.15, -0.1) is 0 Å². The molecule has 2 aromatic carbocycles. The molecule has 1 atom stereocenters. The quantitative estimate of drug-likeness (QED) is 0.769. The lowest BCUT2D eigenvalue weighted by molar-refractivity contribution is -0.123. The second-order valence-electron chi connectivity index (χ2n) is 7.02. The van der Waals surface area contributed by atoms with E-state index in [1.807, 2.05) is 56.3 Å². The molecule has 1 heterocycles. The molecule has 1 fully saturated rings. The molecule has 2 aromatic rings. The van der Waals surface area contributed by atoms with Gasteiger partial charge in [0.2, 0.25) is 0 Å². The van der Waals surface area contributed by atoms with Crippen LogP contribution < -0.4 is 10.1 Å². The van der Waals surface area contributed by atoms with Crippen LogP contribution in [0.5, 0.6) is 5.75 Å². The van der Waals surface area contributed by atoms with E-state index in [1.165, 1.54) is 5.56 Å². The van der Waals surface area contributed by atoms with Gasteiger partial charge >= 0.3 is 0 Å². The van der Waals surface area contributed by atoms with Crippen LogP contribution in [-0.2, 0) is 9.53 Å². The highest BCUT2D eigenvalue weighted by Gasteiger charge is 2.24. The van der Waals surface area contributed by atoms with Crippen molar-refractivity contribution in [3.63, 3.8) is 0 Å². The van der Waals surface area contributed by atoms with Gasteiger partial charge in [0.1, 0.15) is 5.75 Å². The number of halogens is 1. The highest BCUT2D eigenvalue weighted by atomic mass is 35.5. The number of morpholine rings is 1. The second kappa shape index (κ2) is 9.92. The van der Waals surface area contributed by atoms with E-state index in [2.05, 4.69) is 10.2 Å². The van der Waals surface area contributed by atoms with Gasteiger partial charge in [0.25, 0.3) is 5.91 Å². The van der Waals surface area contributed by atoms with E-state index in [0.717, 1.165) is 24.2 Å². The van der Waals surface area contributed by atoms with Crippen LogP contribution in [0.15, 0.2) is 42.5 Å². The molecule has 0 saturated carbocycles. The van der Waals surface area contributed by atoms with Gasteiger partial charge in [-0.25, -0.2) is 0 Å². The molecule has 1 N–H and O–H groups in total. The summed E-state index contributed by atoms with van der Waals surface area (Å²) in [5.41, 5.74) is 3.36. The Morgan fingerprint density at radius 3 is 2.64 bits per heavy atom. The summed E-state index contributed by atoms with van der Waals surface area (Å²) in [6, 6.07) is 13.6.